The molecule has 136 valence electrons. The number of carboxylic acid groups (broad SMARTS) is 4. The monoisotopic (exact) mass is 406 g/mol. The van der Waals surface area contributed by atoms with Crippen molar-refractivity contribution in [3.05, 3.63) is 0 Å². The molecule has 1 aliphatic rings. The van der Waals surface area contributed by atoms with Gasteiger partial charge in [-0.25, -0.2) is 0 Å². The van der Waals surface area contributed by atoms with Gasteiger partial charge in [0, 0.05) is 19.6 Å². The second kappa shape index (κ2) is 13.3. The van der Waals surface area contributed by atoms with Crippen LogP contribution in [0.25, 0.3) is 0 Å². The minimum atomic E-state index is -1.55. The summed E-state index contributed by atoms with van der Waals surface area (Å²) in [5, 5.41) is 42.1. The van der Waals surface area contributed by atoms with Gasteiger partial charge in [0.15, 0.2) is 0 Å². The summed E-state index contributed by atoms with van der Waals surface area (Å²) in [6.45, 7) is -3.01. The third-order valence-electron chi connectivity index (χ3n) is 4.12. The number of carbonyl (C=O) groups is 4. The molecule has 1 aliphatic carbocycles. The van der Waals surface area contributed by atoms with Gasteiger partial charge >= 0.3 is 73.3 Å². The van der Waals surface area contributed by atoms with Gasteiger partial charge in [-0.05, 0) is 12.8 Å². The van der Waals surface area contributed by atoms with Gasteiger partial charge in [0.25, 0.3) is 0 Å². The summed E-state index contributed by atoms with van der Waals surface area (Å²) in [5.74, 6) is -5.96. The van der Waals surface area contributed by atoms with E-state index in [0.717, 1.165) is 16.2 Å². The van der Waals surface area contributed by atoms with Gasteiger partial charge in [-0.15, -0.1) is 0 Å². The van der Waals surface area contributed by atoms with Crippen LogP contribution in [-0.2, 0) is 19.2 Å². The fourth-order valence-corrected chi connectivity index (χ4v) is 3.28. The predicted molar refractivity (Wildman–Crippen MR) is 77.4 cm³/mol. The van der Waals surface area contributed by atoms with E-state index in [9.17, 15) is 34.5 Å². The van der Waals surface area contributed by atoms with Gasteiger partial charge in [0.1, 0.15) is 0 Å². The number of carbonyl (C=O) groups excluding carboxylic acids is 3. The number of hydrogen-bond acceptors (Lipinski definition) is 9. The van der Waals surface area contributed by atoms with Crippen LogP contribution in [0.2, 0.25) is 0 Å². The molecule has 0 aliphatic heterocycles. The first-order valence-electron chi connectivity index (χ1n) is 7.49. The van der Waals surface area contributed by atoms with Crippen LogP contribution in [0.15, 0.2) is 0 Å². The van der Waals surface area contributed by atoms with Gasteiger partial charge in [0.2, 0.25) is 0 Å². The molecule has 26 heavy (non-hydrogen) atoms. The van der Waals surface area contributed by atoms with Gasteiger partial charge in [0.05, 0.1) is 30.1 Å². The molecule has 0 amide bonds. The largest absolute Gasteiger partial charge is 2.00 e. The Morgan fingerprint density at radius 3 is 1.42 bits per heavy atom. The summed E-state index contributed by atoms with van der Waals surface area (Å²) in [6, 6.07) is 0. The quantitative estimate of drug-likeness (QED) is 0.272. The Morgan fingerprint density at radius 1 is 0.769 bits per heavy atom. The molecule has 0 aromatic heterocycles. The Morgan fingerprint density at radius 2 is 1.12 bits per heavy atom. The average molecular weight is 406 g/mol. The molecule has 1 fully saturated rings. The summed E-state index contributed by atoms with van der Waals surface area (Å²) in [6.07, 6.45) is 2.39. The first kappa shape index (κ1) is 28.3. The van der Waals surface area contributed by atoms with Crippen LogP contribution in [0, 0.1) is 0 Å². The van der Waals surface area contributed by atoms with E-state index in [0.29, 0.717) is 12.8 Å². The topological polar surface area (TPSA) is 164 Å². The summed E-state index contributed by atoms with van der Waals surface area (Å²) in [7, 11) is 0. The molecular formula is C14H19CaN2NaO8. The van der Waals surface area contributed by atoms with Crippen molar-refractivity contribution in [2.24, 2.45) is 0 Å². The summed E-state index contributed by atoms with van der Waals surface area (Å²) in [5.41, 5.74) is -1.34. The van der Waals surface area contributed by atoms with Crippen molar-refractivity contribution in [3.63, 3.8) is 0 Å². The third-order valence-corrected chi connectivity index (χ3v) is 4.12. The number of rotatable bonds is 10. The van der Waals surface area contributed by atoms with Gasteiger partial charge in [-0.1, -0.05) is 19.3 Å². The van der Waals surface area contributed by atoms with Crippen molar-refractivity contribution >= 4 is 61.6 Å². The zero-order valence-electron chi connectivity index (χ0n) is 14.8. The zero-order chi connectivity index (χ0) is 18.3. The second-order valence-electron chi connectivity index (χ2n) is 5.77. The predicted octanol–water partition coefficient (Wildman–Crippen LogP) is -7.79. The van der Waals surface area contributed by atoms with Crippen LogP contribution in [0.3, 0.4) is 0 Å². The minimum absolute atomic E-state index is 0. The number of aliphatic carboxylic acids is 4. The van der Waals surface area contributed by atoms with Crippen LogP contribution >= 0.6 is 0 Å². The molecule has 0 heterocycles. The Balaban J connectivity index is 0. The molecule has 10 nitrogen and oxygen atoms in total. The molecule has 0 radical (unpaired) electrons. The van der Waals surface area contributed by atoms with E-state index in [1.165, 1.54) is 0 Å². The van der Waals surface area contributed by atoms with E-state index in [4.69, 9.17) is 5.11 Å². The molecule has 0 saturated heterocycles. The Bertz CT molecular complexity index is 443. The summed E-state index contributed by atoms with van der Waals surface area (Å²) < 4.78 is 0. The molecule has 0 aromatic carbocycles. The molecule has 1 rings (SSSR count). The van der Waals surface area contributed by atoms with E-state index < -0.39 is 55.7 Å². The smallest absolute Gasteiger partial charge is 0.549 e. The number of hydrogen-bond donors (Lipinski definition) is 1. The average Bonchev–Trinajstić information content (AvgIpc) is 2.44. The van der Waals surface area contributed by atoms with Crippen molar-refractivity contribution in [1.29, 1.82) is 0 Å². The first-order valence-corrected chi connectivity index (χ1v) is 7.49. The maximum Gasteiger partial charge on any atom is 2.00 e. The van der Waals surface area contributed by atoms with E-state index in [1.807, 2.05) is 0 Å². The van der Waals surface area contributed by atoms with E-state index in [2.05, 4.69) is 0 Å². The molecule has 0 bridgehead atoms. The van der Waals surface area contributed by atoms with E-state index in [1.54, 1.807) is 0 Å². The Hall–Kier alpha value is 0.0597. The molecule has 0 unspecified atom stereocenters. The Kier molecular flexibility index (Phi) is 14.4. The fraction of sp³-hybridized carbons (Fsp3) is 0.714. The van der Waals surface area contributed by atoms with Crippen molar-refractivity contribution in [2.45, 2.75) is 37.8 Å². The SMILES string of the molecule is O=C([O-])CN(CC(=O)[O-])C1(N(CC(=O)[O-])CC(=O)O)CCCCC1.[Ca+2].[Na+]. The molecule has 1 N–H and O–H groups in total. The molecule has 0 atom stereocenters. The van der Waals surface area contributed by atoms with E-state index in [-0.39, 0.29) is 80.1 Å². The number of nitrogens with zero attached hydrogens (tertiary/aromatic N) is 2. The standard InChI is InChI=1S/C14H22N2O8.Ca.Na/c17-10(18)6-15(7-11(19)20)14(4-2-1-3-5-14)16(8-12(21)22)9-13(23)24;;/h1-9H2,(H,17,18)(H,19,20)(H,21,22)(H,23,24);;/q;+2;+1/p-3. The van der Waals surface area contributed by atoms with Gasteiger partial charge < -0.3 is 34.8 Å². The van der Waals surface area contributed by atoms with E-state index >= 15 is 0 Å². The van der Waals surface area contributed by atoms with Crippen molar-refractivity contribution in [1.82, 2.24) is 9.80 Å². The molecule has 1 saturated carbocycles. The Labute approximate surface area is 202 Å². The van der Waals surface area contributed by atoms with Crippen LogP contribution in [0.1, 0.15) is 32.1 Å². The number of carboxylic acids is 4. The summed E-state index contributed by atoms with van der Waals surface area (Å²) in [4.78, 5) is 46.2. The maximum atomic E-state index is 11.1. The normalized spacial score (nSPS) is 15.6. The molecule has 0 aromatic rings. The third kappa shape index (κ3) is 8.83. The maximum absolute atomic E-state index is 11.1. The first-order chi connectivity index (χ1) is 11.2. The zero-order valence-corrected chi connectivity index (χ0v) is 19.0. The van der Waals surface area contributed by atoms with Crippen LogP contribution in [-0.4, -0.2) is 108 Å². The molecule has 12 heteroatoms. The van der Waals surface area contributed by atoms with Gasteiger partial charge in [-0.3, -0.25) is 14.6 Å². The minimum Gasteiger partial charge on any atom is -0.549 e. The second-order valence-corrected chi connectivity index (χ2v) is 5.77. The van der Waals surface area contributed by atoms with Crippen LogP contribution < -0.4 is 44.9 Å². The van der Waals surface area contributed by atoms with Crippen molar-refractivity contribution in [3.8, 4) is 0 Å². The molecule has 0 spiro atoms. The molecular weight excluding hydrogens is 387 g/mol. The van der Waals surface area contributed by atoms with Crippen LogP contribution in [0.4, 0.5) is 0 Å². The van der Waals surface area contributed by atoms with Gasteiger partial charge in [-0.2, -0.15) is 0 Å². The fourth-order valence-electron chi connectivity index (χ4n) is 3.28. The summed E-state index contributed by atoms with van der Waals surface area (Å²) >= 11 is 0. The van der Waals surface area contributed by atoms with Crippen molar-refractivity contribution in [2.75, 3.05) is 26.2 Å². The van der Waals surface area contributed by atoms with Crippen molar-refractivity contribution < 1.29 is 69.2 Å². The van der Waals surface area contributed by atoms with Crippen LogP contribution in [0.5, 0.6) is 0 Å².